The van der Waals surface area contributed by atoms with Crippen LogP contribution in [0.5, 0.6) is 0 Å². The van der Waals surface area contributed by atoms with E-state index in [-0.39, 0.29) is 5.41 Å². The SMILES string of the molecule is CN=C(NCc1cccnc1N1CCOCC1)NCC1(c2ccccc2)CCCC1. The highest BCUT2D eigenvalue weighted by molar-refractivity contribution is 5.80. The number of hydrogen-bond donors (Lipinski definition) is 2. The Labute approximate surface area is 179 Å². The number of aliphatic imine (C=N–C) groups is 1. The molecule has 1 aliphatic heterocycles. The van der Waals surface area contributed by atoms with Crippen molar-refractivity contribution in [1.29, 1.82) is 0 Å². The minimum absolute atomic E-state index is 0.201. The molecule has 4 rings (SSSR count). The molecule has 2 heterocycles. The fourth-order valence-corrected chi connectivity index (χ4v) is 4.69. The van der Waals surface area contributed by atoms with Crippen LogP contribution in [-0.2, 0) is 16.7 Å². The lowest BCUT2D eigenvalue weighted by Gasteiger charge is -2.31. The van der Waals surface area contributed by atoms with Crippen LogP contribution in [0.2, 0.25) is 0 Å². The van der Waals surface area contributed by atoms with E-state index in [1.54, 1.807) is 0 Å². The Kier molecular flexibility index (Phi) is 6.84. The van der Waals surface area contributed by atoms with E-state index in [2.05, 4.69) is 61.9 Å². The Morgan fingerprint density at radius 2 is 1.83 bits per heavy atom. The van der Waals surface area contributed by atoms with Gasteiger partial charge in [0.15, 0.2) is 5.96 Å². The number of morpholine rings is 1. The summed E-state index contributed by atoms with van der Waals surface area (Å²) >= 11 is 0. The molecule has 1 aromatic heterocycles. The minimum Gasteiger partial charge on any atom is -0.378 e. The summed E-state index contributed by atoms with van der Waals surface area (Å²) in [6, 6.07) is 15.1. The zero-order chi connectivity index (χ0) is 20.7. The molecule has 0 spiro atoms. The van der Waals surface area contributed by atoms with Crippen LogP contribution in [0.4, 0.5) is 5.82 Å². The molecular formula is C24H33N5O. The summed E-state index contributed by atoms with van der Waals surface area (Å²) in [4.78, 5) is 11.4. The van der Waals surface area contributed by atoms with Gasteiger partial charge in [-0.15, -0.1) is 0 Å². The van der Waals surface area contributed by atoms with Gasteiger partial charge in [0.1, 0.15) is 5.82 Å². The van der Waals surface area contributed by atoms with E-state index < -0.39 is 0 Å². The molecule has 0 atom stereocenters. The van der Waals surface area contributed by atoms with Gasteiger partial charge in [0.05, 0.1) is 13.2 Å². The molecule has 0 unspecified atom stereocenters. The summed E-state index contributed by atoms with van der Waals surface area (Å²) < 4.78 is 5.49. The number of aromatic nitrogens is 1. The number of anilines is 1. The fourth-order valence-electron chi connectivity index (χ4n) is 4.69. The van der Waals surface area contributed by atoms with Gasteiger partial charge in [0.25, 0.3) is 0 Å². The number of ether oxygens (including phenoxy) is 1. The van der Waals surface area contributed by atoms with Crippen LogP contribution >= 0.6 is 0 Å². The third-order valence-corrected chi connectivity index (χ3v) is 6.39. The monoisotopic (exact) mass is 407 g/mol. The van der Waals surface area contributed by atoms with Crippen molar-refractivity contribution in [3.63, 3.8) is 0 Å². The molecule has 2 aliphatic rings. The van der Waals surface area contributed by atoms with Crippen LogP contribution in [0.1, 0.15) is 36.8 Å². The highest BCUT2D eigenvalue weighted by Gasteiger charge is 2.35. The molecule has 1 saturated heterocycles. The normalized spacial score (nSPS) is 19.0. The Morgan fingerprint density at radius 1 is 1.07 bits per heavy atom. The maximum Gasteiger partial charge on any atom is 0.191 e. The molecule has 1 saturated carbocycles. The van der Waals surface area contributed by atoms with Crippen molar-refractivity contribution in [3.8, 4) is 0 Å². The van der Waals surface area contributed by atoms with Gasteiger partial charge in [-0.3, -0.25) is 4.99 Å². The van der Waals surface area contributed by atoms with Crippen molar-refractivity contribution >= 4 is 11.8 Å². The van der Waals surface area contributed by atoms with E-state index in [1.807, 2.05) is 19.3 Å². The second-order valence-corrected chi connectivity index (χ2v) is 8.22. The van der Waals surface area contributed by atoms with Crippen LogP contribution in [0.3, 0.4) is 0 Å². The average molecular weight is 408 g/mol. The molecule has 0 amide bonds. The van der Waals surface area contributed by atoms with Crippen LogP contribution in [0, 0.1) is 0 Å². The Morgan fingerprint density at radius 3 is 2.57 bits per heavy atom. The average Bonchev–Trinajstić information content (AvgIpc) is 3.31. The summed E-state index contributed by atoms with van der Waals surface area (Å²) in [6.07, 6.45) is 6.91. The zero-order valence-electron chi connectivity index (χ0n) is 17.9. The van der Waals surface area contributed by atoms with Crippen molar-refractivity contribution in [2.24, 2.45) is 4.99 Å². The maximum absolute atomic E-state index is 5.49. The van der Waals surface area contributed by atoms with E-state index in [0.29, 0.717) is 6.54 Å². The van der Waals surface area contributed by atoms with Gasteiger partial charge in [-0.2, -0.15) is 0 Å². The van der Waals surface area contributed by atoms with Gasteiger partial charge in [-0.25, -0.2) is 4.98 Å². The van der Waals surface area contributed by atoms with Gasteiger partial charge in [-0.05, 0) is 24.5 Å². The van der Waals surface area contributed by atoms with E-state index in [0.717, 1.165) is 44.6 Å². The molecule has 0 radical (unpaired) electrons. The van der Waals surface area contributed by atoms with Crippen LogP contribution < -0.4 is 15.5 Å². The third-order valence-electron chi connectivity index (χ3n) is 6.39. The predicted molar refractivity (Wildman–Crippen MR) is 122 cm³/mol. The summed E-state index contributed by atoms with van der Waals surface area (Å²) in [7, 11) is 1.84. The largest absolute Gasteiger partial charge is 0.378 e. The molecule has 0 bridgehead atoms. The number of benzene rings is 1. The van der Waals surface area contributed by atoms with Crippen molar-refractivity contribution in [2.75, 3.05) is 44.8 Å². The topological polar surface area (TPSA) is 61.8 Å². The number of guanidine groups is 1. The van der Waals surface area contributed by atoms with Crippen molar-refractivity contribution in [3.05, 3.63) is 59.8 Å². The fraction of sp³-hybridized carbons (Fsp3) is 0.500. The predicted octanol–water partition coefficient (Wildman–Crippen LogP) is 3.10. The molecule has 6 heteroatoms. The lowest BCUT2D eigenvalue weighted by atomic mass is 9.79. The molecule has 30 heavy (non-hydrogen) atoms. The lowest BCUT2D eigenvalue weighted by Crippen LogP contribution is -2.44. The smallest absolute Gasteiger partial charge is 0.191 e. The van der Waals surface area contributed by atoms with Gasteiger partial charge in [0.2, 0.25) is 0 Å². The highest BCUT2D eigenvalue weighted by atomic mass is 16.5. The number of hydrogen-bond acceptors (Lipinski definition) is 4. The summed E-state index contributed by atoms with van der Waals surface area (Å²) in [5, 5.41) is 7.10. The first kappa shape index (κ1) is 20.7. The Bertz CT molecular complexity index is 826. The first-order valence-electron chi connectivity index (χ1n) is 11.1. The van der Waals surface area contributed by atoms with E-state index >= 15 is 0 Å². The minimum atomic E-state index is 0.201. The Hall–Kier alpha value is -2.60. The van der Waals surface area contributed by atoms with Gasteiger partial charge < -0.3 is 20.3 Å². The molecular weight excluding hydrogens is 374 g/mol. The maximum atomic E-state index is 5.49. The zero-order valence-corrected chi connectivity index (χ0v) is 17.9. The summed E-state index contributed by atoms with van der Waals surface area (Å²) in [5.41, 5.74) is 2.82. The quantitative estimate of drug-likeness (QED) is 0.569. The lowest BCUT2D eigenvalue weighted by molar-refractivity contribution is 0.122. The standard InChI is InChI=1S/C24H33N5O/c1-25-23(28-19-24(11-5-6-12-24)21-9-3-2-4-10-21)27-18-20-8-7-13-26-22(20)29-14-16-30-17-15-29/h2-4,7-10,13H,5-6,11-12,14-19H2,1H3,(H2,25,27,28). The second kappa shape index (κ2) is 9.94. The Balaban J connectivity index is 1.39. The number of nitrogens with one attached hydrogen (secondary N) is 2. The van der Waals surface area contributed by atoms with Crippen molar-refractivity contribution in [1.82, 2.24) is 15.6 Å². The van der Waals surface area contributed by atoms with E-state index in [1.165, 1.54) is 36.8 Å². The van der Waals surface area contributed by atoms with E-state index in [9.17, 15) is 0 Å². The van der Waals surface area contributed by atoms with Gasteiger partial charge in [-0.1, -0.05) is 49.2 Å². The third kappa shape index (κ3) is 4.75. The molecule has 160 valence electrons. The number of nitrogens with zero attached hydrogens (tertiary/aromatic N) is 3. The van der Waals surface area contributed by atoms with Crippen molar-refractivity contribution < 1.29 is 4.74 Å². The summed E-state index contributed by atoms with van der Waals surface area (Å²) in [5.74, 6) is 1.88. The second-order valence-electron chi connectivity index (χ2n) is 8.22. The van der Waals surface area contributed by atoms with Crippen LogP contribution in [0.15, 0.2) is 53.7 Å². The summed E-state index contributed by atoms with van der Waals surface area (Å²) in [6.45, 7) is 4.88. The molecule has 2 N–H and O–H groups in total. The molecule has 2 fully saturated rings. The molecule has 6 nitrogen and oxygen atoms in total. The molecule has 2 aromatic rings. The van der Waals surface area contributed by atoms with Crippen molar-refractivity contribution in [2.45, 2.75) is 37.6 Å². The van der Waals surface area contributed by atoms with Crippen LogP contribution in [-0.4, -0.2) is 50.8 Å². The van der Waals surface area contributed by atoms with E-state index in [4.69, 9.17) is 4.74 Å². The number of rotatable bonds is 6. The first-order chi connectivity index (χ1) is 14.8. The van der Waals surface area contributed by atoms with Crippen LogP contribution in [0.25, 0.3) is 0 Å². The van der Waals surface area contributed by atoms with Gasteiger partial charge in [0, 0.05) is 50.4 Å². The highest BCUT2D eigenvalue weighted by Crippen LogP contribution is 2.40. The number of pyridine rings is 1. The molecule has 1 aliphatic carbocycles. The first-order valence-corrected chi connectivity index (χ1v) is 11.1. The molecule has 1 aromatic carbocycles. The van der Waals surface area contributed by atoms with Gasteiger partial charge >= 0.3 is 0 Å².